The van der Waals surface area contributed by atoms with Crippen molar-refractivity contribution in [1.29, 1.82) is 0 Å². The molecule has 0 radical (unpaired) electrons. The maximum atomic E-state index is 8.62. The second kappa shape index (κ2) is 6.41. The van der Waals surface area contributed by atoms with Gasteiger partial charge in [-0.1, -0.05) is 32.9 Å². The van der Waals surface area contributed by atoms with Crippen LogP contribution >= 0.6 is 0 Å². The van der Waals surface area contributed by atoms with E-state index < -0.39 is 0 Å². The van der Waals surface area contributed by atoms with Gasteiger partial charge in [-0.25, -0.2) is 0 Å². The number of hydrogen-bond acceptors (Lipinski definition) is 1. The zero-order chi connectivity index (χ0) is 8.69. The first-order valence-electron chi connectivity index (χ1n) is 4.44. The van der Waals surface area contributed by atoms with Gasteiger partial charge >= 0.3 is 0 Å². The highest BCUT2D eigenvalue weighted by molar-refractivity contribution is 4.85. The molecule has 0 aliphatic carbocycles. The lowest BCUT2D eigenvalue weighted by molar-refractivity contribution is 0.263. The van der Waals surface area contributed by atoms with Crippen molar-refractivity contribution in [2.24, 2.45) is 11.8 Å². The van der Waals surface area contributed by atoms with Crippen LogP contribution in [0.2, 0.25) is 0 Å². The van der Waals surface area contributed by atoms with Gasteiger partial charge in [0.05, 0.1) is 0 Å². The van der Waals surface area contributed by atoms with E-state index in [4.69, 9.17) is 5.11 Å². The normalized spacial score (nSPS) is 14.6. The third-order valence-electron chi connectivity index (χ3n) is 1.68. The molecule has 1 N–H and O–H groups in total. The number of hydrogen-bond donors (Lipinski definition) is 1. The predicted molar refractivity (Wildman–Crippen MR) is 49.5 cm³/mol. The van der Waals surface area contributed by atoms with Crippen molar-refractivity contribution in [2.75, 3.05) is 6.61 Å². The van der Waals surface area contributed by atoms with E-state index >= 15 is 0 Å². The molecule has 0 saturated carbocycles. The number of aliphatic hydroxyl groups excluding tert-OH is 1. The van der Waals surface area contributed by atoms with Gasteiger partial charge in [0.15, 0.2) is 0 Å². The molecule has 0 rings (SSSR count). The van der Waals surface area contributed by atoms with E-state index in [1.807, 2.05) is 0 Å². The van der Waals surface area contributed by atoms with Crippen LogP contribution in [0.1, 0.15) is 33.6 Å². The van der Waals surface area contributed by atoms with E-state index in [2.05, 4.69) is 32.9 Å². The second-order valence-electron chi connectivity index (χ2n) is 3.53. The number of allylic oxidation sites excluding steroid dienone is 2. The maximum Gasteiger partial charge on any atom is 0.0433 e. The largest absolute Gasteiger partial charge is 0.396 e. The molecular formula is C10H20O. The van der Waals surface area contributed by atoms with Crippen LogP contribution < -0.4 is 0 Å². The van der Waals surface area contributed by atoms with Crippen LogP contribution in [0, 0.1) is 11.8 Å². The maximum absolute atomic E-state index is 8.62. The summed E-state index contributed by atoms with van der Waals surface area (Å²) in [4.78, 5) is 0. The Hall–Kier alpha value is -0.300. The minimum atomic E-state index is 0.316. The Morgan fingerprint density at radius 3 is 2.36 bits per heavy atom. The SMILES string of the molecule is CC(C)/C=C/CC(C)CCO. The molecule has 0 spiro atoms. The zero-order valence-electron chi connectivity index (χ0n) is 7.88. The first-order chi connectivity index (χ1) is 5.16. The number of aliphatic hydroxyl groups is 1. The average Bonchev–Trinajstić information content (AvgIpc) is 1.87. The van der Waals surface area contributed by atoms with Gasteiger partial charge in [0.1, 0.15) is 0 Å². The van der Waals surface area contributed by atoms with E-state index in [1.165, 1.54) is 0 Å². The smallest absolute Gasteiger partial charge is 0.0433 e. The fourth-order valence-electron chi connectivity index (χ4n) is 0.921. The van der Waals surface area contributed by atoms with Gasteiger partial charge in [-0.3, -0.25) is 0 Å². The second-order valence-corrected chi connectivity index (χ2v) is 3.53. The fraction of sp³-hybridized carbons (Fsp3) is 0.800. The summed E-state index contributed by atoms with van der Waals surface area (Å²) in [5.41, 5.74) is 0. The zero-order valence-corrected chi connectivity index (χ0v) is 7.88. The summed E-state index contributed by atoms with van der Waals surface area (Å²) in [7, 11) is 0. The molecule has 0 aromatic heterocycles. The van der Waals surface area contributed by atoms with Crippen molar-refractivity contribution in [2.45, 2.75) is 33.6 Å². The molecule has 0 aromatic carbocycles. The Bertz CT molecular complexity index is 105. The molecule has 0 bridgehead atoms. The molecule has 66 valence electrons. The Labute approximate surface area is 70.1 Å². The van der Waals surface area contributed by atoms with Crippen molar-refractivity contribution in [1.82, 2.24) is 0 Å². The predicted octanol–water partition coefficient (Wildman–Crippen LogP) is 2.61. The highest BCUT2D eigenvalue weighted by Gasteiger charge is 1.96. The quantitative estimate of drug-likeness (QED) is 0.607. The van der Waals surface area contributed by atoms with E-state index in [-0.39, 0.29) is 0 Å². The Morgan fingerprint density at radius 2 is 1.91 bits per heavy atom. The van der Waals surface area contributed by atoms with Crippen LogP contribution in [0.5, 0.6) is 0 Å². The lowest BCUT2D eigenvalue weighted by Gasteiger charge is -2.04. The summed E-state index contributed by atoms with van der Waals surface area (Å²) in [6, 6.07) is 0. The average molecular weight is 156 g/mol. The monoisotopic (exact) mass is 156 g/mol. The lowest BCUT2D eigenvalue weighted by atomic mass is 10.0. The van der Waals surface area contributed by atoms with Crippen molar-refractivity contribution < 1.29 is 5.11 Å². The highest BCUT2D eigenvalue weighted by Crippen LogP contribution is 2.08. The molecule has 0 aliphatic heterocycles. The Balaban J connectivity index is 3.36. The van der Waals surface area contributed by atoms with Crippen LogP contribution in [0.4, 0.5) is 0 Å². The Morgan fingerprint density at radius 1 is 1.27 bits per heavy atom. The van der Waals surface area contributed by atoms with Crippen molar-refractivity contribution >= 4 is 0 Å². The molecule has 0 aromatic rings. The van der Waals surface area contributed by atoms with Crippen LogP contribution in [0.15, 0.2) is 12.2 Å². The molecule has 0 fully saturated rings. The summed E-state index contributed by atoms with van der Waals surface area (Å²) < 4.78 is 0. The minimum Gasteiger partial charge on any atom is -0.396 e. The summed E-state index contributed by atoms with van der Waals surface area (Å²) >= 11 is 0. The summed E-state index contributed by atoms with van der Waals surface area (Å²) in [6.07, 6.45) is 6.44. The highest BCUT2D eigenvalue weighted by atomic mass is 16.2. The third-order valence-corrected chi connectivity index (χ3v) is 1.68. The molecule has 1 heteroatoms. The fourth-order valence-corrected chi connectivity index (χ4v) is 0.921. The lowest BCUT2D eigenvalue weighted by Crippen LogP contribution is -1.95. The topological polar surface area (TPSA) is 20.2 Å². The molecule has 0 saturated heterocycles. The molecule has 1 atom stereocenters. The third kappa shape index (κ3) is 7.60. The van der Waals surface area contributed by atoms with E-state index in [0.29, 0.717) is 18.4 Å². The van der Waals surface area contributed by atoms with Gasteiger partial charge in [-0.05, 0) is 24.7 Å². The first-order valence-corrected chi connectivity index (χ1v) is 4.44. The van der Waals surface area contributed by atoms with Gasteiger partial charge in [-0.15, -0.1) is 0 Å². The van der Waals surface area contributed by atoms with Gasteiger partial charge in [-0.2, -0.15) is 0 Å². The van der Waals surface area contributed by atoms with Crippen molar-refractivity contribution in [3.8, 4) is 0 Å². The molecule has 11 heavy (non-hydrogen) atoms. The van der Waals surface area contributed by atoms with E-state index in [1.54, 1.807) is 0 Å². The van der Waals surface area contributed by atoms with Crippen molar-refractivity contribution in [3.63, 3.8) is 0 Å². The first kappa shape index (κ1) is 10.7. The van der Waals surface area contributed by atoms with E-state index in [9.17, 15) is 0 Å². The summed E-state index contributed by atoms with van der Waals surface area (Å²) in [6.45, 7) is 6.83. The standard InChI is InChI=1S/C10H20O/c1-9(2)5-4-6-10(3)7-8-11/h4-5,9-11H,6-8H2,1-3H3/b5-4+. The van der Waals surface area contributed by atoms with Crippen LogP contribution in [0.3, 0.4) is 0 Å². The molecule has 1 nitrogen and oxygen atoms in total. The van der Waals surface area contributed by atoms with Gasteiger partial charge in [0.2, 0.25) is 0 Å². The van der Waals surface area contributed by atoms with Crippen LogP contribution in [-0.2, 0) is 0 Å². The van der Waals surface area contributed by atoms with Crippen molar-refractivity contribution in [3.05, 3.63) is 12.2 Å². The minimum absolute atomic E-state index is 0.316. The molecule has 0 heterocycles. The summed E-state index contributed by atoms with van der Waals surface area (Å²) in [5, 5.41) is 8.62. The summed E-state index contributed by atoms with van der Waals surface area (Å²) in [5.74, 6) is 1.27. The molecule has 0 amide bonds. The van der Waals surface area contributed by atoms with Gasteiger partial charge < -0.3 is 5.11 Å². The molecular weight excluding hydrogens is 136 g/mol. The molecule has 0 aliphatic rings. The van der Waals surface area contributed by atoms with Gasteiger partial charge in [0.25, 0.3) is 0 Å². The number of rotatable bonds is 5. The van der Waals surface area contributed by atoms with E-state index in [0.717, 1.165) is 12.8 Å². The van der Waals surface area contributed by atoms with Crippen LogP contribution in [-0.4, -0.2) is 11.7 Å². The molecule has 1 unspecified atom stereocenters. The van der Waals surface area contributed by atoms with Crippen LogP contribution in [0.25, 0.3) is 0 Å². The van der Waals surface area contributed by atoms with Gasteiger partial charge in [0, 0.05) is 6.61 Å². The Kier molecular flexibility index (Phi) is 6.24.